The topological polar surface area (TPSA) is 50.4 Å². The van der Waals surface area contributed by atoms with Gasteiger partial charge in [0.05, 0.1) is 11.5 Å². The second-order valence-corrected chi connectivity index (χ2v) is 5.49. The van der Waals surface area contributed by atoms with Crippen molar-refractivity contribution in [2.75, 3.05) is 11.9 Å². The maximum absolute atomic E-state index is 13.4. The fraction of sp³-hybridized carbons (Fsp3) is 0.385. The fourth-order valence-corrected chi connectivity index (χ4v) is 1.44. The lowest BCUT2D eigenvalue weighted by Crippen LogP contribution is -2.36. The number of alkyl carbamates (subject to hydrolysis) is 1. The lowest BCUT2D eigenvalue weighted by atomic mass is 10.2. The normalized spacial score (nSPS) is 10.8. The van der Waals surface area contributed by atoms with Crippen molar-refractivity contribution in [2.24, 2.45) is 0 Å². The van der Waals surface area contributed by atoms with Crippen molar-refractivity contribution in [1.29, 1.82) is 0 Å². The van der Waals surface area contributed by atoms with E-state index in [-0.39, 0.29) is 17.2 Å². The van der Waals surface area contributed by atoms with Gasteiger partial charge in [-0.05, 0) is 32.9 Å². The molecule has 1 aromatic rings. The number of halogens is 2. The van der Waals surface area contributed by atoms with E-state index in [2.05, 4.69) is 10.6 Å². The Balaban J connectivity index is 2.51. The Morgan fingerprint density at radius 3 is 2.35 bits per heavy atom. The van der Waals surface area contributed by atoms with Crippen molar-refractivity contribution in [3.63, 3.8) is 0 Å². The van der Waals surface area contributed by atoms with Crippen LogP contribution in [-0.2, 0) is 4.74 Å². The van der Waals surface area contributed by atoms with Gasteiger partial charge in [-0.15, -0.1) is 0 Å². The molecule has 0 aliphatic rings. The highest BCUT2D eigenvalue weighted by Gasteiger charge is 2.16. The zero-order valence-corrected chi connectivity index (χ0v) is 12.2. The number of anilines is 1. The molecule has 0 unspecified atom stereocenters. The molecule has 0 spiro atoms. The minimum Gasteiger partial charge on any atom is -0.444 e. The Bertz CT molecular complexity index is 495. The van der Waals surface area contributed by atoms with E-state index in [0.29, 0.717) is 0 Å². The molecule has 7 heteroatoms. The molecule has 1 aromatic carbocycles. The van der Waals surface area contributed by atoms with Crippen LogP contribution in [-0.4, -0.2) is 23.2 Å². The summed E-state index contributed by atoms with van der Waals surface area (Å²) in [6.07, 6.45) is -0.657. The van der Waals surface area contributed by atoms with Gasteiger partial charge in [-0.25, -0.2) is 13.6 Å². The monoisotopic (exact) mass is 302 g/mol. The Morgan fingerprint density at radius 2 is 1.85 bits per heavy atom. The van der Waals surface area contributed by atoms with E-state index in [1.165, 1.54) is 6.07 Å². The summed E-state index contributed by atoms with van der Waals surface area (Å²) in [6, 6.07) is 3.46. The third-order valence-corrected chi connectivity index (χ3v) is 2.27. The van der Waals surface area contributed by atoms with E-state index in [9.17, 15) is 13.6 Å². The van der Waals surface area contributed by atoms with E-state index >= 15 is 0 Å². The smallest absolute Gasteiger partial charge is 0.408 e. The summed E-state index contributed by atoms with van der Waals surface area (Å²) in [5.74, 6) is -1.52. The van der Waals surface area contributed by atoms with Crippen LogP contribution in [0.1, 0.15) is 20.8 Å². The van der Waals surface area contributed by atoms with E-state index < -0.39 is 23.3 Å². The van der Waals surface area contributed by atoms with Gasteiger partial charge in [0.2, 0.25) is 0 Å². The molecule has 2 N–H and O–H groups in total. The summed E-state index contributed by atoms with van der Waals surface area (Å²) in [6.45, 7) is 5.08. The lowest BCUT2D eigenvalue weighted by molar-refractivity contribution is 0.0536. The van der Waals surface area contributed by atoms with Gasteiger partial charge in [-0.2, -0.15) is 0 Å². The maximum Gasteiger partial charge on any atom is 0.408 e. The van der Waals surface area contributed by atoms with Gasteiger partial charge in [0, 0.05) is 0 Å². The quantitative estimate of drug-likeness (QED) is 0.842. The first-order chi connectivity index (χ1) is 9.19. The molecule has 0 bridgehead atoms. The SMILES string of the molecule is CC(C)(C)OC(=O)NCC(=S)Nc1c(F)cccc1F. The average Bonchev–Trinajstić information content (AvgIpc) is 2.29. The highest BCUT2D eigenvalue weighted by atomic mass is 32.1. The number of carbonyl (C=O) groups is 1. The first-order valence-corrected chi connectivity index (χ1v) is 6.30. The van der Waals surface area contributed by atoms with Crippen LogP contribution in [0, 0.1) is 11.6 Å². The Hall–Kier alpha value is -1.76. The number of hydrogen-bond acceptors (Lipinski definition) is 3. The van der Waals surface area contributed by atoms with Crippen molar-refractivity contribution < 1.29 is 18.3 Å². The predicted molar refractivity (Wildman–Crippen MR) is 76.8 cm³/mol. The molecule has 110 valence electrons. The first-order valence-electron chi connectivity index (χ1n) is 5.90. The molecule has 0 saturated carbocycles. The number of rotatable bonds is 3. The van der Waals surface area contributed by atoms with Crippen LogP contribution in [0.3, 0.4) is 0 Å². The number of benzene rings is 1. The van der Waals surface area contributed by atoms with Crippen molar-refractivity contribution >= 4 is 29.0 Å². The summed E-state index contributed by atoms with van der Waals surface area (Å²) in [5.41, 5.74) is -0.972. The maximum atomic E-state index is 13.4. The van der Waals surface area contributed by atoms with E-state index in [4.69, 9.17) is 17.0 Å². The van der Waals surface area contributed by atoms with Gasteiger partial charge in [0.1, 0.15) is 22.9 Å². The summed E-state index contributed by atoms with van der Waals surface area (Å²) >= 11 is 4.90. The van der Waals surface area contributed by atoms with E-state index in [1.807, 2.05) is 0 Å². The Kier molecular flexibility index (Phi) is 5.38. The van der Waals surface area contributed by atoms with Crippen molar-refractivity contribution in [2.45, 2.75) is 26.4 Å². The van der Waals surface area contributed by atoms with E-state index in [1.54, 1.807) is 20.8 Å². The van der Waals surface area contributed by atoms with Crippen LogP contribution in [0.5, 0.6) is 0 Å². The zero-order chi connectivity index (χ0) is 15.3. The lowest BCUT2D eigenvalue weighted by Gasteiger charge is -2.20. The predicted octanol–water partition coefficient (Wildman–Crippen LogP) is 3.23. The Morgan fingerprint density at radius 1 is 1.30 bits per heavy atom. The molecule has 1 amide bonds. The largest absolute Gasteiger partial charge is 0.444 e. The highest BCUT2D eigenvalue weighted by Crippen LogP contribution is 2.17. The van der Waals surface area contributed by atoms with Crippen molar-refractivity contribution in [1.82, 2.24) is 5.32 Å². The number of ether oxygens (including phenoxy) is 1. The summed E-state index contributed by atoms with van der Waals surface area (Å²) in [5, 5.41) is 4.80. The molecule has 4 nitrogen and oxygen atoms in total. The number of para-hydroxylation sites is 1. The van der Waals surface area contributed by atoms with Gasteiger partial charge in [0.25, 0.3) is 0 Å². The molecule has 1 rings (SSSR count). The number of carbonyl (C=O) groups excluding carboxylic acids is 1. The number of thiocarbonyl (C=S) groups is 1. The highest BCUT2D eigenvalue weighted by molar-refractivity contribution is 7.80. The average molecular weight is 302 g/mol. The second-order valence-electron chi connectivity index (χ2n) is 5.00. The zero-order valence-electron chi connectivity index (χ0n) is 11.4. The minimum absolute atomic E-state index is 0.0693. The van der Waals surface area contributed by atoms with Crippen LogP contribution in [0.4, 0.5) is 19.3 Å². The molecular weight excluding hydrogens is 286 g/mol. The molecular formula is C13H16F2N2O2S. The second kappa shape index (κ2) is 6.60. The molecule has 0 heterocycles. The van der Waals surface area contributed by atoms with Crippen molar-refractivity contribution in [3.05, 3.63) is 29.8 Å². The third-order valence-electron chi connectivity index (χ3n) is 2.02. The van der Waals surface area contributed by atoms with Crippen LogP contribution in [0.2, 0.25) is 0 Å². The third kappa shape index (κ3) is 5.48. The first kappa shape index (κ1) is 16.3. The summed E-state index contributed by atoms with van der Waals surface area (Å²) < 4.78 is 31.7. The molecule has 0 fully saturated rings. The van der Waals surface area contributed by atoms with Crippen LogP contribution >= 0.6 is 12.2 Å². The van der Waals surface area contributed by atoms with Crippen LogP contribution in [0.25, 0.3) is 0 Å². The molecule has 0 atom stereocenters. The molecule has 20 heavy (non-hydrogen) atoms. The van der Waals surface area contributed by atoms with Gasteiger partial charge in [-0.3, -0.25) is 0 Å². The molecule has 0 aromatic heterocycles. The summed E-state index contributed by atoms with van der Waals surface area (Å²) in [7, 11) is 0. The fourth-order valence-electron chi connectivity index (χ4n) is 1.27. The van der Waals surface area contributed by atoms with Crippen molar-refractivity contribution in [3.8, 4) is 0 Å². The van der Waals surface area contributed by atoms with Gasteiger partial charge in [-0.1, -0.05) is 18.3 Å². The van der Waals surface area contributed by atoms with Gasteiger partial charge in [0.15, 0.2) is 0 Å². The van der Waals surface area contributed by atoms with Gasteiger partial charge >= 0.3 is 6.09 Å². The number of nitrogens with one attached hydrogen (secondary N) is 2. The number of amides is 1. The van der Waals surface area contributed by atoms with E-state index in [0.717, 1.165) is 12.1 Å². The van der Waals surface area contributed by atoms with Gasteiger partial charge < -0.3 is 15.4 Å². The van der Waals surface area contributed by atoms with Crippen LogP contribution < -0.4 is 10.6 Å². The molecule has 0 aliphatic carbocycles. The minimum atomic E-state index is -0.760. The van der Waals surface area contributed by atoms with Crippen LogP contribution in [0.15, 0.2) is 18.2 Å². The molecule has 0 radical (unpaired) electrons. The standard InChI is InChI=1S/C13H16F2N2O2S/c1-13(2,3)19-12(18)16-7-10(20)17-11-8(14)5-4-6-9(11)15/h4-6H,7H2,1-3H3,(H,16,18)(H,17,20). The molecule has 0 saturated heterocycles. The number of hydrogen-bond donors (Lipinski definition) is 2. The summed E-state index contributed by atoms with van der Waals surface area (Å²) in [4.78, 5) is 11.4. The molecule has 0 aliphatic heterocycles. The Labute approximate surface area is 121 Å².